The highest BCUT2D eigenvalue weighted by atomic mass is 16.5. The Labute approximate surface area is 115 Å². The molecule has 0 saturated heterocycles. The van der Waals surface area contributed by atoms with E-state index in [1.165, 1.54) is 5.56 Å². The predicted octanol–water partition coefficient (Wildman–Crippen LogP) is 2.52. The van der Waals surface area contributed by atoms with Gasteiger partial charge in [-0.15, -0.1) is 0 Å². The second-order valence-electron chi connectivity index (χ2n) is 4.93. The first kappa shape index (κ1) is 15.5. The summed E-state index contributed by atoms with van der Waals surface area (Å²) >= 11 is 0. The molecule has 0 atom stereocenters. The molecule has 4 nitrogen and oxygen atoms in total. The number of nitrogens with two attached hydrogens (primary N) is 1. The van der Waals surface area contributed by atoms with Crippen molar-refractivity contribution in [1.29, 1.82) is 0 Å². The van der Waals surface area contributed by atoms with Crippen molar-refractivity contribution in [3.63, 3.8) is 0 Å². The van der Waals surface area contributed by atoms with E-state index in [4.69, 9.17) is 10.5 Å². The van der Waals surface area contributed by atoms with E-state index in [1.807, 2.05) is 18.2 Å². The minimum atomic E-state index is 0.0565. The SMILES string of the molecule is COc1cc(C(C)C)ccc1N(C)C(=O)CCCN. The predicted molar refractivity (Wildman–Crippen MR) is 78.8 cm³/mol. The first-order chi connectivity index (χ1) is 9.01. The highest BCUT2D eigenvalue weighted by Crippen LogP contribution is 2.31. The van der Waals surface area contributed by atoms with Gasteiger partial charge in [-0.25, -0.2) is 0 Å². The number of carbonyl (C=O) groups is 1. The molecule has 1 aromatic rings. The summed E-state index contributed by atoms with van der Waals surface area (Å²) in [4.78, 5) is 13.6. The number of methoxy groups -OCH3 is 1. The molecule has 1 rings (SSSR count). The Kier molecular flexibility index (Phi) is 5.83. The number of benzene rings is 1. The maximum atomic E-state index is 12.0. The van der Waals surface area contributed by atoms with Gasteiger partial charge in [-0.2, -0.15) is 0 Å². The lowest BCUT2D eigenvalue weighted by atomic mass is 10.0. The molecule has 0 radical (unpaired) electrons. The highest BCUT2D eigenvalue weighted by molar-refractivity contribution is 5.94. The standard InChI is InChI=1S/C15H24N2O2/c1-11(2)12-7-8-13(14(10-12)19-4)17(3)15(18)6-5-9-16/h7-8,10-11H,5-6,9,16H2,1-4H3. The molecule has 1 amide bonds. The molecule has 0 saturated carbocycles. The van der Waals surface area contributed by atoms with Crippen molar-refractivity contribution in [1.82, 2.24) is 0 Å². The van der Waals surface area contributed by atoms with Crippen LogP contribution in [0.15, 0.2) is 18.2 Å². The van der Waals surface area contributed by atoms with Gasteiger partial charge in [0.1, 0.15) is 5.75 Å². The van der Waals surface area contributed by atoms with Crippen LogP contribution >= 0.6 is 0 Å². The van der Waals surface area contributed by atoms with Crippen LogP contribution in [0, 0.1) is 0 Å². The van der Waals surface area contributed by atoms with Gasteiger partial charge in [-0.1, -0.05) is 19.9 Å². The second-order valence-corrected chi connectivity index (χ2v) is 4.93. The van der Waals surface area contributed by atoms with Crippen molar-refractivity contribution < 1.29 is 9.53 Å². The average Bonchev–Trinajstić information content (AvgIpc) is 2.42. The van der Waals surface area contributed by atoms with E-state index in [-0.39, 0.29) is 5.91 Å². The average molecular weight is 264 g/mol. The number of hydrogen-bond acceptors (Lipinski definition) is 3. The minimum absolute atomic E-state index is 0.0565. The fourth-order valence-electron chi connectivity index (χ4n) is 1.89. The van der Waals surface area contributed by atoms with Gasteiger partial charge in [0.15, 0.2) is 0 Å². The molecule has 0 heterocycles. The van der Waals surface area contributed by atoms with Gasteiger partial charge in [0.2, 0.25) is 5.91 Å². The maximum Gasteiger partial charge on any atom is 0.226 e. The first-order valence-electron chi connectivity index (χ1n) is 6.65. The van der Waals surface area contributed by atoms with Gasteiger partial charge < -0.3 is 15.4 Å². The third-order valence-corrected chi connectivity index (χ3v) is 3.20. The summed E-state index contributed by atoms with van der Waals surface area (Å²) in [5, 5.41) is 0. The zero-order valence-electron chi connectivity index (χ0n) is 12.3. The smallest absolute Gasteiger partial charge is 0.226 e. The lowest BCUT2D eigenvalue weighted by Crippen LogP contribution is -2.27. The monoisotopic (exact) mass is 264 g/mol. The molecule has 0 fully saturated rings. The number of rotatable bonds is 6. The Hall–Kier alpha value is -1.55. The van der Waals surface area contributed by atoms with E-state index in [0.29, 0.717) is 25.3 Å². The van der Waals surface area contributed by atoms with Crippen LogP contribution in [0.3, 0.4) is 0 Å². The minimum Gasteiger partial charge on any atom is -0.495 e. The van der Waals surface area contributed by atoms with Crippen LogP contribution in [-0.2, 0) is 4.79 Å². The zero-order chi connectivity index (χ0) is 14.4. The number of ether oxygens (including phenoxy) is 1. The summed E-state index contributed by atoms with van der Waals surface area (Å²) in [6.07, 6.45) is 1.16. The van der Waals surface area contributed by atoms with Crippen molar-refractivity contribution in [3.8, 4) is 5.75 Å². The lowest BCUT2D eigenvalue weighted by Gasteiger charge is -2.21. The largest absolute Gasteiger partial charge is 0.495 e. The number of hydrogen-bond donors (Lipinski definition) is 1. The summed E-state index contributed by atoms with van der Waals surface area (Å²) in [7, 11) is 3.40. The summed E-state index contributed by atoms with van der Waals surface area (Å²) < 4.78 is 5.39. The number of nitrogens with zero attached hydrogens (tertiary/aromatic N) is 1. The summed E-state index contributed by atoms with van der Waals surface area (Å²) in [6, 6.07) is 5.97. The zero-order valence-corrected chi connectivity index (χ0v) is 12.3. The highest BCUT2D eigenvalue weighted by Gasteiger charge is 2.15. The summed E-state index contributed by atoms with van der Waals surface area (Å²) in [5.74, 6) is 1.22. The van der Waals surface area contributed by atoms with Crippen LogP contribution in [-0.4, -0.2) is 26.6 Å². The maximum absolute atomic E-state index is 12.0. The molecule has 1 aromatic carbocycles. The van der Waals surface area contributed by atoms with Gasteiger partial charge in [-0.3, -0.25) is 4.79 Å². The number of anilines is 1. The van der Waals surface area contributed by atoms with E-state index in [9.17, 15) is 4.79 Å². The van der Waals surface area contributed by atoms with Crippen LogP contribution in [0.25, 0.3) is 0 Å². The van der Waals surface area contributed by atoms with Gasteiger partial charge in [0.05, 0.1) is 12.8 Å². The molecule has 0 aliphatic heterocycles. The molecule has 0 bridgehead atoms. The topological polar surface area (TPSA) is 55.6 Å². The Morgan fingerprint density at radius 2 is 2.11 bits per heavy atom. The van der Waals surface area contributed by atoms with Crippen LogP contribution in [0.1, 0.15) is 38.2 Å². The van der Waals surface area contributed by atoms with Gasteiger partial charge in [0.25, 0.3) is 0 Å². The Morgan fingerprint density at radius 3 is 2.63 bits per heavy atom. The third kappa shape index (κ3) is 3.96. The van der Waals surface area contributed by atoms with Crippen molar-refractivity contribution >= 4 is 11.6 Å². The quantitative estimate of drug-likeness (QED) is 0.859. The van der Waals surface area contributed by atoms with E-state index >= 15 is 0 Å². The fraction of sp³-hybridized carbons (Fsp3) is 0.533. The van der Waals surface area contributed by atoms with Crippen molar-refractivity contribution in [3.05, 3.63) is 23.8 Å². The molecule has 2 N–H and O–H groups in total. The Balaban J connectivity index is 2.96. The van der Waals surface area contributed by atoms with E-state index in [2.05, 4.69) is 13.8 Å². The molecule has 0 spiro atoms. The van der Waals surface area contributed by atoms with Gasteiger partial charge in [-0.05, 0) is 36.6 Å². The second kappa shape index (κ2) is 7.14. The molecule has 106 valence electrons. The molecular formula is C15H24N2O2. The first-order valence-corrected chi connectivity index (χ1v) is 6.65. The number of amides is 1. The van der Waals surface area contributed by atoms with Crippen LogP contribution in [0.2, 0.25) is 0 Å². The normalized spacial score (nSPS) is 10.6. The lowest BCUT2D eigenvalue weighted by molar-refractivity contribution is -0.118. The molecule has 0 aliphatic carbocycles. The van der Waals surface area contributed by atoms with E-state index in [0.717, 1.165) is 11.4 Å². The molecule has 19 heavy (non-hydrogen) atoms. The molecule has 4 heteroatoms. The van der Waals surface area contributed by atoms with Crippen LogP contribution in [0.4, 0.5) is 5.69 Å². The van der Waals surface area contributed by atoms with Gasteiger partial charge >= 0.3 is 0 Å². The van der Waals surface area contributed by atoms with Crippen LogP contribution < -0.4 is 15.4 Å². The van der Waals surface area contributed by atoms with Crippen molar-refractivity contribution in [2.45, 2.75) is 32.6 Å². The van der Waals surface area contributed by atoms with E-state index < -0.39 is 0 Å². The van der Waals surface area contributed by atoms with Gasteiger partial charge in [0, 0.05) is 13.5 Å². The molecule has 0 aliphatic rings. The Morgan fingerprint density at radius 1 is 1.42 bits per heavy atom. The van der Waals surface area contributed by atoms with Crippen molar-refractivity contribution in [2.24, 2.45) is 5.73 Å². The molecule has 0 unspecified atom stereocenters. The Bertz CT molecular complexity index is 430. The molecular weight excluding hydrogens is 240 g/mol. The summed E-state index contributed by atoms with van der Waals surface area (Å²) in [5.41, 5.74) is 7.43. The third-order valence-electron chi connectivity index (χ3n) is 3.20. The van der Waals surface area contributed by atoms with Crippen LogP contribution in [0.5, 0.6) is 5.75 Å². The van der Waals surface area contributed by atoms with Crippen molar-refractivity contribution in [2.75, 3.05) is 25.6 Å². The van der Waals surface area contributed by atoms with E-state index in [1.54, 1.807) is 19.1 Å². The fourth-order valence-corrected chi connectivity index (χ4v) is 1.89. The summed E-state index contributed by atoms with van der Waals surface area (Å²) in [6.45, 7) is 4.79. The molecule has 0 aromatic heterocycles. The number of carbonyl (C=O) groups excluding carboxylic acids is 1.